The topological polar surface area (TPSA) is 64.4 Å². The smallest absolute Gasteiger partial charge is 0.220 e. The van der Waals surface area contributed by atoms with Crippen LogP contribution in [0, 0.1) is 5.82 Å². The van der Waals surface area contributed by atoms with Crippen molar-refractivity contribution in [2.45, 2.75) is 19.4 Å². The molecule has 1 heterocycles. The highest BCUT2D eigenvalue weighted by atomic mass is 19.1. The third kappa shape index (κ3) is 4.08. The first-order valence-electron chi connectivity index (χ1n) is 8.25. The molecule has 0 aliphatic carbocycles. The molecule has 0 aliphatic heterocycles. The van der Waals surface area contributed by atoms with Gasteiger partial charge in [0.15, 0.2) is 0 Å². The van der Waals surface area contributed by atoms with Crippen molar-refractivity contribution in [3.05, 3.63) is 71.7 Å². The molecule has 134 valence electrons. The molecule has 0 radical (unpaired) electrons. The fourth-order valence-electron chi connectivity index (χ4n) is 2.69. The van der Waals surface area contributed by atoms with E-state index in [-0.39, 0.29) is 18.1 Å². The fraction of sp³-hybridized carbons (Fsp3) is 0.200. The summed E-state index contributed by atoms with van der Waals surface area (Å²) in [5.74, 6) is 0.244. The molecule has 0 atom stereocenters. The fourth-order valence-corrected chi connectivity index (χ4v) is 2.69. The van der Waals surface area contributed by atoms with E-state index in [0.29, 0.717) is 29.8 Å². The van der Waals surface area contributed by atoms with E-state index in [4.69, 9.17) is 9.26 Å². The lowest BCUT2D eigenvalue weighted by Gasteiger charge is -2.09. The molecule has 0 aliphatic rings. The zero-order chi connectivity index (χ0) is 18.4. The van der Waals surface area contributed by atoms with Gasteiger partial charge in [0.1, 0.15) is 23.5 Å². The quantitative estimate of drug-likeness (QED) is 0.702. The number of carbonyl (C=O) groups excluding carboxylic acids is 1. The number of ether oxygens (including phenoxy) is 1. The normalized spacial score (nSPS) is 10.5. The molecule has 0 saturated heterocycles. The third-order valence-electron chi connectivity index (χ3n) is 4.06. The van der Waals surface area contributed by atoms with Crippen molar-refractivity contribution in [3.63, 3.8) is 0 Å². The molecule has 2 aromatic carbocycles. The van der Waals surface area contributed by atoms with Crippen LogP contribution in [-0.2, 0) is 17.8 Å². The van der Waals surface area contributed by atoms with Gasteiger partial charge < -0.3 is 14.6 Å². The van der Waals surface area contributed by atoms with E-state index in [1.165, 1.54) is 12.3 Å². The number of hydrogen-bond acceptors (Lipinski definition) is 4. The molecule has 5 nitrogen and oxygen atoms in total. The highest BCUT2D eigenvalue weighted by Crippen LogP contribution is 2.25. The molecule has 0 fully saturated rings. The van der Waals surface area contributed by atoms with Gasteiger partial charge in [0, 0.05) is 29.7 Å². The van der Waals surface area contributed by atoms with Crippen molar-refractivity contribution < 1.29 is 18.4 Å². The Morgan fingerprint density at radius 2 is 1.92 bits per heavy atom. The zero-order valence-corrected chi connectivity index (χ0v) is 14.4. The van der Waals surface area contributed by atoms with Crippen LogP contribution in [0.2, 0.25) is 0 Å². The van der Waals surface area contributed by atoms with E-state index >= 15 is 0 Å². The maximum absolute atomic E-state index is 13.9. The highest BCUT2D eigenvalue weighted by Gasteiger charge is 2.15. The Balaban J connectivity index is 1.59. The second-order valence-electron chi connectivity index (χ2n) is 5.76. The van der Waals surface area contributed by atoms with Crippen molar-refractivity contribution in [2.75, 3.05) is 7.11 Å². The lowest BCUT2D eigenvalue weighted by Crippen LogP contribution is -2.23. The summed E-state index contributed by atoms with van der Waals surface area (Å²) in [6, 6.07) is 13.9. The molecule has 0 saturated carbocycles. The first-order chi connectivity index (χ1) is 12.7. The van der Waals surface area contributed by atoms with Gasteiger partial charge in [-0.2, -0.15) is 0 Å². The van der Waals surface area contributed by atoms with Crippen LogP contribution < -0.4 is 10.1 Å². The molecule has 1 aromatic heterocycles. The Hall–Kier alpha value is -3.15. The maximum Gasteiger partial charge on any atom is 0.220 e. The van der Waals surface area contributed by atoms with Crippen LogP contribution in [0.5, 0.6) is 5.75 Å². The van der Waals surface area contributed by atoms with E-state index in [1.807, 2.05) is 24.3 Å². The molecule has 1 amide bonds. The largest absolute Gasteiger partial charge is 0.496 e. The molecule has 0 spiro atoms. The lowest BCUT2D eigenvalue weighted by molar-refractivity contribution is -0.121. The average molecular weight is 354 g/mol. The summed E-state index contributed by atoms with van der Waals surface area (Å²) in [7, 11) is 1.59. The van der Waals surface area contributed by atoms with Crippen LogP contribution in [0.25, 0.3) is 11.3 Å². The summed E-state index contributed by atoms with van der Waals surface area (Å²) in [5, 5.41) is 6.74. The van der Waals surface area contributed by atoms with Gasteiger partial charge in [-0.05, 0) is 24.6 Å². The van der Waals surface area contributed by atoms with Gasteiger partial charge in [0.2, 0.25) is 5.91 Å². The van der Waals surface area contributed by atoms with E-state index in [9.17, 15) is 9.18 Å². The summed E-state index contributed by atoms with van der Waals surface area (Å²) < 4.78 is 24.2. The summed E-state index contributed by atoms with van der Waals surface area (Å²) in [6.45, 7) is 0.382. The van der Waals surface area contributed by atoms with Gasteiger partial charge in [-0.25, -0.2) is 4.39 Å². The number of aryl methyl sites for hydroxylation is 1. The summed E-state index contributed by atoms with van der Waals surface area (Å²) in [5.41, 5.74) is 2.40. The standard InChI is InChI=1S/C20H19FN2O3/c1-25-18-9-5-2-6-14(18)12-22-19(24)11-10-15-13-26-23-20(15)16-7-3-4-8-17(16)21/h2-9,13H,10-12H2,1H3,(H,22,24). The third-order valence-corrected chi connectivity index (χ3v) is 4.06. The molecule has 6 heteroatoms. The number of carbonyl (C=O) groups is 1. The van der Waals surface area contributed by atoms with Crippen LogP contribution >= 0.6 is 0 Å². The minimum Gasteiger partial charge on any atom is -0.496 e. The number of halogens is 1. The van der Waals surface area contributed by atoms with E-state index < -0.39 is 0 Å². The van der Waals surface area contributed by atoms with Crippen LogP contribution in [0.4, 0.5) is 4.39 Å². The average Bonchev–Trinajstić information content (AvgIpc) is 3.13. The number of aromatic nitrogens is 1. The number of rotatable bonds is 7. The van der Waals surface area contributed by atoms with Gasteiger partial charge >= 0.3 is 0 Å². The van der Waals surface area contributed by atoms with Gasteiger partial charge in [0.25, 0.3) is 0 Å². The second-order valence-corrected chi connectivity index (χ2v) is 5.76. The predicted molar refractivity (Wildman–Crippen MR) is 95.1 cm³/mol. The van der Waals surface area contributed by atoms with Crippen LogP contribution in [0.15, 0.2) is 59.3 Å². The lowest BCUT2D eigenvalue weighted by atomic mass is 10.0. The van der Waals surface area contributed by atoms with E-state index in [0.717, 1.165) is 11.3 Å². The monoisotopic (exact) mass is 354 g/mol. The Kier molecular flexibility index (Phi) is 5.63. The number of benzene rings is 2. The zero-order valence-electron chi connectivity index (χ0n) is 14.4. The number of nitrogens with zero attached hydrogens (tertiary/aromatic N) is 1. The number of amides is 1. The molecule has 26 heavy (non-hydrogen) atoms. The minimum atomic E-state index is -0.372. The van der Waals surface area contributed by atoms with Gasteiger partial charge in [-0.3, -0.25) is 4.79 Å². The van der Waals surface area contributed by atoms with Crippen molar-refractivity contribution in [2.24, 2.45) is 0 Å². The number of nitrogens with one attached hydrogen (secondary N) is 1. The van der Waals surface area contributed by atoms with Crippen molar-refractivity contribution in [1.29, 1.82) is 0 Å². The molecular weight excluding hydrogens is 335 g/mol. The molecule has 1 N–H and O–H groups in total. The second kappa shape index (κ2) is 8.29. The van der Waals surface area contributed by atoms with Crippen molar-refractivity contribution in [3.8, 4) is 17.0 Å². The first kappa shape index (κ1) is 17.7. The van der Waals surface area contributed by atoms with Crippen LogP contribution in [0.3, 0.4) is 0 Å². The maximum atomic E-state index is 13.9. The van der Waals surface area contributed by atoms with Gasteiger partial charge in [-0.15, -0.1) is 0 Å². The van der Waals surface area contributed by atoms with Crippen LogP contribution in [-0.4, -0.2) is 18.2 Å². The minimum absolute atomic E-state index is 0.114. The highest BCUT2D eigenvalue weighted by molar-refractivity contribution is 5.76. The Bertz CT molecular complexity index is 892. The Morgan fingerprint density at radius 3 is 2.73 bits per heavy atom. The Morgan fingerprint density at radius 1 is 1.15 bits per heavy atom. The van der Waals surface area contributed by atoms with Crippen molar-refractivity contribution in [1.82, 2.24) is 10.5 Å². The molecular formula is C20H19FN2O3. The molecule has 0 unspecified atom stereocenters. The first-order valence-corrected chi connectivity index (χ1v) is 8.25. The number of methoxy groups -OCH3 is 1. The van der Waals surface area contributed by atoms with E-state index in [1.54, 1.807) is 25.3 Å². The molecule has 0 bridgehead atoms. The number of hydrogen-bond donors (Lipinski definition) is 1. The van der Waals surface area contributed by atoms with Gasteiger partial charge in [-0.1, -0.05) is 35.5 Å². The summed E-state index contributed by atoms with van der Waals surface area (Å²) >= 11 is 0. The van der Waals surface area contributed by atoms with Gasteiger partial charge in [0.05, 0.1) is 7.11 Å². The summed E-state index contributed by atoms with van der Waals surface area (Å²) in [6.07, 6.45) is 2.11. The summed E-state index contributed by atoms with van der Waals surface area (Å²) in [4.78, 5) is 12.1. The SMILES string of the molecule is COc1ccccc1CNC(=O)CCc1conc1-c1ccccc1F. The predicted octanol–water partition coefficient (Wildman–Crippen LogP) is 3.74. The van der Waals surface area contributed by atoms with E-state index in [2.05, 4.69) is 10.5 Å². The number of para-hydroxylation sites is 1. The molecule has 3 aromatic rings. The molecule has 3 rings (SSSR count). The van der Waals surface area contributed by atoms with Crippen LogP contribution in [0.1, 0.15) is 17.5 Å². The van der Waals surface area contributed by atoms with Crippen molar-refractivity contribution >= 4 is 5.91 Å². The Labute approximate surface area is 150 Å².